The van der Waals surface area contributed by atoms with Crippen LogP contribution in [0.5, 0.6) is 0 Å². The van der Waals surface area contributed by atoms with Crippen molar-refractivity contribution in [2.45, 2.75) is 25.9 Å². The van der Waals surface area contributed by atoms with Gasteiger partial charge >= 0.3 is 0 Å². The zero-order valence-electron chi connectivity index (χ0n) is 21.2. The molecule has 0 spiro atoms. The summed E-state index contributed by atoms with van der Waals surface area (Å²) in [7, 11) is -4.02. The Hall–Kier alpha value is -2.85. The van der Waals surface area contributed by atoms with Crippen LogP contribution in [0.4, 0.5) is 10.1 Å². The average molecular weight is 615 g/mol. The summed E-state index contributed by atoms with van der Waals surface area (Å²) in [4.78, 5) is 28.5. The molecule has 1 atom stereocenters. The Kier molecular flexibility index (Phi) is 10.6. The van der Waals surface area contributed by atoms with Crippen LogP contribution in [0.1, 0.15) is 18.1 Å². The van der Waals surface area contributed by atoms with Crippen LogP contribution in [-0.2, 0) is 32.6 Å². The summed E-state index contributed by atoms with van der Waals surface area (Å²) in [6.45, 7) is 1.29. The van der Waals surface area contributed by atoms with E-state index in [1.165, 1.54) is 17.0 Å². The van der Waals surface area contributed by atoms with Gasteiger partial charge in [-0.2, -0.15) is 0 Å². The smallest absolute Gasteiger partial charge is 0.244 e. The molecule has 12 heteroatoms. The molecule has 3 rings (SSSR count). The van der Waals surface area contributed by atoms with Gasteiger partial charge in [0, 0.05) is 29.6 Å². The monoisotopic (exact) mass is 613 g/mol. The number of anilines is 1. The van der Waals surface area contributed by atoms with Crippen molar-refractivity contribution < 1.29 is 22.4 Å². The van der Waals surface area contributed by atoms with Crippen molar-refractivity contribution in [2.24, 2.45) is 0 Å². The van der Waals surface area contributed by atoms with Crippen molar-refractivity contribution in [3.63, 3.8) is 0 Å². The molecule has 3 aromatic rings. The van der Waals surface area contributed by atoms with Crippen molar-refractivity contribution in [3.8, 4) is 0 Å². The highest BCUT2D eigenvalue weighted by atomic mass is 35.5. The van der Waals surface area contributed by atoms with Crippen LogP contribution < -0.4 is 9.62 Å². The maximum atomic E-state index is 13.9. The maximum absolute atomic E-state index is 13.9. The first-order valence-corrected chi connectivity index (χ1v) is 14.9. The van der Waals surface area contributed by atoms with Crippen LogP contribution >= 0.6 is 34.8 Å². The van der Waals surface area contributed by atoms with Gasteiger partial charge in [-0.3, -0.25) is 13.9 Å². The van der Waals surface area contributed by atoms with E-state index in [-0.39, 0.29) is 28.7 Å². The number of amides is 2. The van der Waals surface area contributed by atoms with E-state index in [4.69, 9.17) is 34.8 Å². The van der Waals surface area contributed by atoms with Crippen LogP contribution in [-0.4, -0.2) is 50.5 Å². The fourth-order valence-electron chi connectivity index (χ4n) is 3.93. The van der Waals surface area contributed by atoms with Crippen molar-refractivity contribution in [3.05, 3.63) is 98.7 Å². The van der Waals surface area contributed by atoms with E-state index in [0.717, 1.165) is 28.3 Å². The SMILES string of the molecule is CCNC(=O)[C@@H](Cc1ccccc1)N(Cc1ccc(Cl)cc1Cl)C(=O)CN(c1ccc(F)c(Cl)c1)S(C)(=O)=O. The van der Waals surface area contributed by atoms with E-state index in [1.807, 2.05) is 30.3 Å². The van der Waals surface area contributed by atoms with Crippen LogP contribution in [0.2, 0.25) is 15.1 Å². The molecule has 0 unspecified atom stereocenters. The van der Waals surface area contributed by atoms with Gasteiger partial charge in [-0.15, -0.1) is 0 Å². The second kappa shape index (κ2) is 13.5. The number of likely N-dealkylation sites (N-methyl/N-ethyl adjacent to an activating group) is 1. The normalized spacial score (nSPS) is 12.1. The zero-order valence-corrected chi connectivity index (χ0v) is 24.3. The molecule has 0 radical (unpaired) electrons. The Labute approximate surface area is 242 Å². The number of hydrogen-bond acceptors (Lipinski definition) is 4. The first-order valence-electron chi connectivity index (χ1n) is 11.9. The number of nitrogens with zero attached hydrogens (tertiary/aromatic N) is 2. The molecule has 0 bridgehead atoms. The summed E-state index contributed by atoms with van der Waals surface area (Å²) in [5.41, 5.74) is 1.30. The molecule has 2 amide bonds. The predicted octanol–water partition coefficient (Wildman–Crippen LogP) is 5.33. The van der Waals surface area contributed by atoms with Gasteiger partial charge in [0.15, 0.2) is 0 Å². The second-order valence-electron chi connectivity index (χ2n) is 8.73. The number of halogens is 4. The lowest BCUT2D eigenvalue weighted by Gasteiger charge is -2.33. The standard InChI is InChI=1S/C27H27Cl3FN3O4S/c1-3-32-27(36)25(13-18-7-5-4-6-8-18)33(16-19-9-10-20(28)14-22(19)29)26(35)17-34(39(2,37)38)21-11-12-24(31)23(30)15-21/h4-12,14-15,25H,3,13,16-17H2,1-2H3,(H,32,36)/t25-/m1/s1. The van der Waals surface area contributed by atoms with Crippen molar-refractivity contribution >= 4 is 62.3 Å². The third-order valence-electron chi connectivity index (χ3n) is 5.85. The van der Waals surface area contributed by atoms with Crippen LogP contribution in [0.15, 0.2) is 66.7 Å². The number of hydrogen-bond donors (Lipinski definition) is 1. The highest BCUT2D eigenvalue weighted by molar-refractivity contribution is 7.92. The van der Waals surface area contributed by atoms with Gasteiger partial charge in [-0.25, -0.2) is 12.8 Å². The first kappa shape index (κ1) is 30.7. The lowest BCUT2D eigenvalue weighted by Crippen LogP contribution is -2.53. The number of benzene rings is 3. The third-order valence-corrected chi connectivity index (χ3v) is 7.87. The highest BCUT2D eigenvalue weighted by Gasteiger charge is 2.33. The predicted molar refractivity (Wildman–Crippen MR) is 153 cm³/mol. The summed E-state index contributed by atoms with van der Waals surface area (Å²) >= 11 is 18.4. The molecule has 0 aliphatic heterocycles. The minimum atomic E-state index is -4.02. The van der Waals surface area contributed by atoms with Crippen LogP contribution in [0, 0.1) is 5.82 Å². The van der Waals surface area contributed by atoms with E-state index in [1.54, 1.807) is 19.1 Å². The molecule has 7 nitrogen and oxygen atoms in total. The Bertz CT molecular complexity index is 1440. The van der Waals surface area contributed by atoms with Gasteiger partial charge in [0.2, 0.25) is 21.8 Å². The molecule has 0 heterocycles. The third kappa shape index (κ3) is 8.32. The molecule has 208 valence electrons. The Morgan fingerprint density at radius 2 is 1.67 bits per heavy atom. The van der Waals surface area contributed by atoms with Gasteiger partial charge < -0.3 is 10.2 Å². The average Bonchev–Trinajstić information content (AvgIpc) is 2.87. The quantitative estimate of drug-likeness (QED) is 0.317. The molecule has 3 aromatic carbocycles. The Morgan fingerprint density at radius 3 is 2.26 bits per heavy atom. The molecule has 0 aromatic heterocycles. The van der Waals surface area contributed by atoms with Gasteiger partial charge in [0.1, 0.15) is 18.4 Å². The Morgan fingerprint density at radius 1 is 0.974 bits per heavy atom. The molecular formula is C27H27Cl3FN3O4S. The largest absolute Gasteiger partial charge is 0.355 e. The topological polar surface area (TPSA) is 86.8 Å². The van der Waals surface area contributed by atoms with E-state index in [2.05, 4.69) is 5.32 Å². The molecular weight excluding hydrogens is 588 g/mol. The lowest BCUT2D eigenvalue weighted by atomic mass is 10.0. The van der Waals surface area contributed by atoms with Crippen molar-refractivity contribution in [1.29, 1.82) is 0 Å². The Balaban J connectivity index is 2.07. The molecule has 0 saturated heterocycles. The summed E-state index contributed by atoms with van der Waals surface area (Å²) in [6, 6.07) is 16.2. The summed E-state index contributed by atoms with van der Waals surface area (Å²) in [6.07, 6.45) is 1.08. The summed E-state index contributed by atoms with van der Waals surface area (Å²) < 4.78 is 40.1. The number of carbonyl (C=O) groups excluding carboxylic acids is 2. The number of rotatable bonds is 11. The molecule has 39 heavy (non-hydrogen) atoms. The lowest BCUT2D eigenvalue weighted by molar-refractivity contribution is -0.140. The molecule has 0 fully saturated rings. The minimum absolute atomic E-state index is 0.000607. The van der Waals surface area contributed by atoms with E-state index in [0.29, 0.717) is 17.1 Å². The zero-order chi connectivity index (χ0) is 28.7. The van der Waals surface area contributed by atoms with Crippen LogP contribution in [0.3, 0.4) is 0 Å². The minimum Gasteiger partial charge on any atom is -0.355 e. The van der Waals surface area contributed by atoms with E-state index >= 15 is 0 Å². The highest BCUT2D eigenvalue weighted by Crippen LogP contribution is 2.27. The molecule has 0 aliphatic rings. The van der Waals surface area contributed by atoms with Crippen LogP contribution in [0.25, 0.3) is 0 Å². The molecule has 0 saturated carbocycles. The molecule has 0 aliphatic carbocycles. The van der Waals surface area contributed by atoms with Gasteiger partial charge in [0.05, 0.1) is 17.0 Å². The fraction of sp³-hybridized carbons (Fsp3) is 0.259. The van der Waals surface area contributed by atoms with Gasteiger partial charge in [-0.05, 0) is 48.4 Å². The number of carbonyl (C=O) groups is 2. The van der Waals surface area contributed by atoms with E-state index in [9.17, 15) is 22.4 Å². The fourth-order valence-corrected chi connectivity index (χ4v) is 5.42. The van der Waals surface area contributed by atoms with Crippen molar-refractivity contribution in [1.82, 2.24) is 10.2 Å². The van der Waals surface area contributed by atoms with Gasteiger partial charge in [-0.1, -0.05) is 71.2 Å². The summed E-state index contributed by atoms with van der Waals surface area (Å²) in [5, 5.41) is 3.13. The molecule has 1 N–H and O–H groups in total. The van der Waals surface area contributed by atoms with Gasteiger partial charge in [0.25, 0.3) is 0 Å². The maximum Gasteiger partial charge on any atom is 0.244 e. The second-order valence-corrected chi connectivity index (χ2v) is 11.9. The first-order chi connectivity index (χ1) is 18.4. The van der Waals surface area contributed by atoms with Crippen molar-refractivity contribution in [2.75, 3.05) is 23.7 Å². The number of sulfonamides is 1. The number of nitrogens with one attached hydrogen (secondary N) is 1. The summed E-state index contributed by atoms with van der Waals surface area (Å²) in [5.74, 6) is -1.84. The van der Waals surface area contributed by atoms with E-state index < -0.39 is 40.2 Å².